The van der Waals surface area contributed by atoms with Crippen LogP contribution in [0.1, 0.15) is 40.4 Å². The Bertz CT molecular complexity index is 1040. The molecule has 1 aliphatic heterocycles. The lowest BCUT2D eigenvalue weighted by Crippen LogP contribution is -2.38. The van der Waals surface area contributed by atoms with E-state index in [-0.39, 0.29) is 5.60 Å². The average molecular weight is 372 g/mol. The number of hydrogen-bond acceptors (Lipinski definition) is 2. The van der Waals surface area contributed by atoms with Gasteiger partial charge in [0.1, 0.15) is 11.4 Å². The number of fused-ring (bicyclic) bond motifs is 1. The summed E-state index contributed by atoms with van der Waals surface area (Å²) in [6.45, 7) is 4.25. The number of aromatic carboxylic acids is 1. The zero-order chi connectivity index (χ0) is 19.7. The minimum atomic E-state index is -0.925. The van der Waals surface area contributed by atoms with Crippen molar-refractivity contribution in [3.8, 4) is 16.9 Å². The molecule has 0 aromatic heterocycles. The van der Waals surface area contributed by atoms with Gasteiger partial charge in [0.15, 0.2) is 0 Å². The smallest absolute Gasteiger partial charge is 0.336 e. The number of benzene rings is 3. The van der Waals surface area contributed by atoms with Crippen LogP contribution in [0.25, 0.3) is 11.1 Å². The second-order valence-corrected chi connectivity index (χ2v) is 7.86. The van der Waals surface area contributed by atoms with Gasteiger partial charge in [0.2, 0.25) is 0 Å². The Morgan fingerprint density at radius 1 is 1.04 bits per heavy atom. The largest absolute Gasteiger partial charge is 0.486 e. The van der Waals surface area contributed by atoms with Gasteiger partial charge >= 0.3 is 5.97 Å². The first-order valence-electron chi connectivity index (χ1n) is 9.64. The van der Waals surface area contributed by atoms with E-state index in [0.29, 0.717) is 11.1 Å². The lowest BCUT2D eigenvalue weighted by molar-refractivity contribution is 0.0661. The SMILES string of the molecule is Cc1cccc(C[C@@]2(C)CCc3cccc(-c4ccccc4C(=O)O)c3O2)c1. The monoisotopic (exact) mass is 372 g/mol. The van der Waals surface area contributed by atoms with Gasteiger partial charge in [-0.2, -0.15) is 0 Å². The van der Waals surface area contributed by atoms with Crippen LogP contribution in [0, 0.1) is 6.92 Å². The molecule has 3 heteroatoms. The molecule has 0 fully saturated rings. The topological polar surface area (TPSA) is 46.5 Å². The van der Waals surface area contributed by atoms with E-state index in [1.165, 1.54) is 11.1 Å². The first-order valence-corrected chi connectivity index (χ1v) is 9.64. The predicted octanol–water partition coefficient (Wildman–Crippen LogP) is 5.69. The fourth-order valence-corrected chi connectivity index (χ4v) is 4.09. The molecule has 0 radical (unpaired) electrons. The summed E-state index contributed by atoms with van der Waals surface area (Å²) in [5.41, 5.74) is 5.17. The fourth-order valence-electron chi connectivity index (χ4n) is 4.09. The van der Waals surface area contributed by atoms with Crippen LogP contribution in [0.3, 0.4) is 0 Å². The second kappa shape index (κ2) is 7.16. The number of carbonyl (C=O) groups is 1. The van der Waals surface area contributed by atoms with Gasteiger partial charge in [0.25, 0.3) is 0 Å². The van der Waals surface area contributed by atoms with Crippen LogP contribution in [0.5, 0.6) is 5.75 Å². The van der Waals surface area contributed by atoms with Crippen molar-refractivity contribution in [2.75, 3.05) is 0 Å². The maximum atomic E-state index is 11.7. The zero-order valence-corrected chi connectivity index (χ0v) is 16.2. The molecule has 0 bridgehead atoms. The molecular formula is C25H24O3. The number of carboxylic acid groups (broad SMARTS) is 1. The number of carboxylic acids is 1. The molecule has 0 aliphatic carbocycles. The number of aryl methyl sites for hydroxylation is 2. The Kier molecular flexibility index (Phi) is 4.68. The van der Waals surface area contributed by atoms with Gasteiger partial charge < -0.3 is 9.84 Å². The standard InChI is InChI=1S/C25H24O3/c1-17-7-5-8-18(15-17)16-25(2)14-13-19-9-6-12-21(23(19)28-25)20-10-3-4-11-22(20)24(26)27/h3-12,15H,13-14,16H2,1-2H3,(H,26,27)/t25-/m1/s1. The molecule has 3 aromatic rings. The zero-order valence-electron chi connectivity index (χ0n) is 16.2. The Morgan fingerprint density at radius 3 is 2.57 bits per heavy atom. The first-order chi connectivity index (χ1) is 13.5. The van der Waals surface area contributed by atoms with Crippen molar-refractivity contribution in [2.24, 2.45) is 0 Å². The third kappa shape index (κ3) is 3.53. The first kappa shape index (κ1) is 18.3. The molecule has 1 N–H and O–H groups in total. The van der Waals surface area contributed by atoms with E-state index in [2.05, 4.69) is 44.2 Å². The summed E-state index contributed by atoms with van der Waals surface area (Å²) in [5.74, 6) is -0.107. The summed E-state index contributed by atoms with van der Waals surface area (Å²) >= 11 is 0. The van der Waals surface area contributed by atoms with Gasteiger partial charge in [-0.25, -0.2) is 4.79 Å². The van der Waals surface area contributed by atoms with Gasteiger partial charge in [-0.3, -0.25) is 0 Å². The van der Waals surface area contributed by atoms with Crippen molar-refractivity contribution in [2.45, 2.75) is 38.7 Å². The lowest BCUT2D eigenvalue weighted by atomic mass is 9.85. The van der Waals surface area contributed by atoms with Crippen LogP contribution in [-0.4, -0.2) is 16.7 Å². The van der Waals surface area contributed by atoms with E-state index in [0.717, 1.165) is 36.1 Å². The second-order valence-electron chi connectivity index (χ2n) is 7.86. The van der Waals surface area contributed by atoms with Gasteiger partial charge in [0.05, 0.1) is 5.56 Å². The highest BCUT2D eigenvalue weighted by atomic mass is 16.5. The number of hydrogen-bond donors (Lipinski definition) is 1. The minimum Gasteiger partial charge on any atom is -0.486 e. The minimum absolute atomic E-state index is 0.297. The van der Waals surface area contributed by atoms with Crippen molar-refractivity contribution in [3.63, 3.8) is 0 Å². The third-order valence-electron chi connectivity index (χ3n) is 5.48. The molecule has 142 valence electrons. The number of para-hydroxylation sites is 1. The summed E-state index contributed by atoms with van der Waals surface area (Å²) in [7, 11) is 0. The van der Waals surface area contributed by atoms with Crippen LogP contribution in [0.15, 0.2) is 66.7 Å². The maximum absolute atomic E-state index is 11.7. The molecule has 0 amide bonds. The third-order valence-corrected chi connectivity index (χ3v) is 5.48. The number of ether oxygens (including phenoxy) is 1. The maximum Gasteiger partial charge on any atom is 0.336 e. The molecule has 3 aromatic carbocycles. The van der Waals surface area contributed by atoms with Crippen LogP contribution >= 0.6 is 0 Å². The van der Waals surface area contributed by atoms with E-state index in [1.807, 2.05) is 24.3 Å². The van der Waals surface area contributed by atoms with E-state index >= 15 is 0 Å². The molecule has 28 heavy (non-hydrogen) atoms. The fraction of sp³-hybridized carbons (Fsp3) is 0.240. The summed E-state index contributed by atoms with van der Waals surface area (Å²) in [5, 5.41) is 9.61. The molecule has 0 saturated carbocycles. The van der Waals surface area contributed by atoms with Crippen molar-refractivity contribution < 1.29 is 14.6 Å². The lowest BCUT2D eigenvalue weighted by Gasteiger charge is -2.37. The molecular weight excluding hydrogens is 348 g/mol. The Balaban J connectivity index is 1.74. The van der Waals surface area contributed by atoms with Crippen LogP contribution in [0.2, 0.25) is 0 Å². The summed E-state index contributed by atoms with van der Waals surface area (Å²) < 4.78 is 6.59. The summed E-state index contributed by atoms with van der Waals surface area (Å²) in [6.07, 6.45) is 2.67. The van der Waals surface area contributed by atoms with Gasteiger partial charge in [-0.1, -0.05) is 66.2 Å². The van der Waals surface area contributed by atoms with E-state index in [1.54, 1.807) is 12.1 Å². The molecule has 1 aliphatic rings. The molecule has 1 heterocycles. The summed E-state index contributed by atoms with van der Waals surface area (Å²) in [6, 6.07) is 21.7. The molecule has 0 saturated heterocycles. The van der Waals surface area contributed by atoms with Crippen LogP contribution < -0.4 is 4.74 Å². The van der Waals surface area contributed by atoms with E-state index in [9.17, 15) is 9.90 Å². The Morgan fingerprint density at radius 2 is 1.79 bits per heavy atom. The van der Waals surface area contributed by atoms with Crippen molar-refractivity contribution in [3.05, 3.63) is 89.0 Å². The van der Waals surface area contributed by atoms with Gasteiger partial charge in [-0.15, -0.1) is 0 Å². The number of rotatable bonds is 4. The van der Waals surface area contributed by atoms with E-state index < -0.39 is 5.97 Å². The highest BCUT2D eigenvalue weighted by Gasteiger charge is 2.33. The predicted molar refractivity (Wildman–Crippen MR) is 111 cm³/mol. The van der Waals surface area contributed by atoms with Gasteiger partial charge in [0, 0.05) is 12.0 Å². The Hall–Kier alpha value is -3.07. The van der Waals surface area contributed by atoms with Gasteiger partial charge in [-0.05, 0) is 49.4 Å². The summed E-state index contributed by atoms with van der Waals surface area (Å²) in [4.78, 5) is 11.7. The Labute approximate surface area is 165 Å². The molecule has 0 unspecified atom stereocenters. The van der Waals surface area contributed by atoms with Crippen molar-refractivity contribution in [1.82, 2.24) is 0 Å². The van der Waals surface area contributed by atoms with E-state index in [4.69, 9.17) is 4.74 Å². The molecule has 0 spiro atoms. The van der Waals surface area contributed by atoms with Crippen LogP contribution in [-0.2, 0) is 12.8 Å². The molecule has 3 nitrogen and oxygen atoms in total. The highest BCUT2D eigenvalue weighted by molar-refractivity contribution is 5.97. The quantitative estimate of drug-likeness (QED) is 0.640. The average Bonchev–Trinajstić information content (AvgIpc) is 2.67. The normalized spacial score (nSPS) is 18.2. The van der Waals surface area contributed by atoms with Crippen LogP contribution in [0.4, 0.5) is 0 Å². The highest BCUT2D eigenvalue weighted by Crippen LogP contribution is 2.42. The molecule has 4 rings (SSSR count). The van der Waals surface area contributed by atoms with Crippen molar-refractivity contribution in [1.29, 1.82) is 0 Å². The van der Waals surface area contributed by atoms with Crippen molar-refractivity contribution >= 4 is 5.97 Å². The molecule has 1 atom stereocenters.